The Kier molecular flexibility index (Phi) is 5.64. The molecule has 0 radical (unpaired) electrons. The average Bonchev–Trinajstić information content (AvgIpc) is 2.11. The van der Waals surface area contributed by atoms with Crippen LogP contribution in [-0.2, 0) is 11.3 Å². The van der Waals surface area contributed by atoms with Crippen LogP contribution < -0.4 is 5.14 Å². The zero-order chi connectivity index (χ0) is 7.11. The summed E-state index contributed by atoms with van der Waals surface area (Å²) in [5.41, 5.74) is 0. The van der Waals surface area contributed by atoms with Gasteiger partial charge in [-0.15, -0.1) is 0 Å². The topological polar surface area (TPSA) is 79.0 Å². The molecule has 9 heavy (non-hydrogen) atoms. The Morgan fingerprint density at radius 3 is 2.44 bits per heavy atom. The van der Waals surface area contributed by atoms with Gasteiger partial charge in [0, 0.05) is 22.8 Å². The molecular formula is C3H5N2O2S2-. The third-order valence-corrected chi connectivity index (χ3v) is 0.869. The highest BCUT2D eigenvalue weighted by Crippen LogP contribution is 1.83. The lowest BCUT2D eigenvalue weighted by Gasteiger charge is -1.85. The van der Waals surface area contributed by atoms with Crippen molar-refractivity contribution in [1.82, 2.24) is 4.37 Å². The second-order valence-corrected chi connectivity index (χ2v) is 2.16. The van der Waals surface area contributed by atoms with E-state index in [0.717, 1.165) is 0 Å². The monoisotopic (exact) mass is 165 g/mol. The summed E-state index contributed by atoms with van der Waals surface area (Å²) in [7, 11) is 0. The molecule has 1 unspecified atom stereocenters. The second-order valence-electron chi connectivity index (χ2n) is 0.949. The Bertz CT molecular complexity index is 132. The number of nitrogens with zero attached hydrogens (tertiary/aromatic N) is 1. The SMILES string of the molecule is NS(=O)[O-].c1cnsc1. The Balaban J connectivity index is 0.000000148. The largest absolute Gasteiger partial charge is 0.760 e. The first-order chi connectivity index (χ1) is 4.23. The molecule has 0 aliphatic carbocycles. The van der Waals surface area contributed by atoms with Crippen molar-refractivity contribution in [2.75, 3.05) is 0 Å². The number of hydrogen-bond donors (Lipinski definition) is 1. The molecule has 0 aliphatic heterocycles. The maximum atomic E-state index is 8.78. The van der Waals surface area contributed by atoms with Crippen molar-refractivity contribution in [2.45, 2.75) is 0 Å². The summed E-state index contributed by atoms with van der Waals surface area (Å²) < 4.78 is 21.3. The van der Waals surface area contributed by atoms with Gasteiger partial charge in [-0.2, -0.15) is 0 Å². The lowest BCUT2D eigenvalue weighted by molar-refractivity contribution is 0.539. The number of aromatic nitrogens is 1. The molecule has 1 heterocycles. The van der Waals surface area contributed by atoms with Crippen LogP contribution in [0.15, 0.2) is 17.6 Å². The van der Waals surface area contributed by atoms with Gasteiger partial charge in [0.05, 0.1) is 0 Å². The van der Waals surface area contributed by atoms with E-state index >= 15 is 0 Å². The van der Waals surface area contributed by atoms with Crippen LogP contribution in [0.2, 0.25) is 0 Å². The molecule has 4 nitrogen and oxygen atoms in total. The molecule has 0 bridgehead atoms. The van der Waals surface area contributed by atoms with Gasteiger partial charge >= 0.3 is 0 Å². The molecule has 1 aromatic rings. The minimum Gasteiger partial charge on any atom is -0.760 e. The summed E-state index contributed by atoms with van der Waals surface area (Å²) in [5, 5.41) is 5.96. The molecule has 0 aliphatic rings. The fourth-order valence-corrected chi connectivity index (χ4v) is 0.527. The zero-order valence-electron chi connectivity index (χ0n) is 4.39. The van der Waals surface area contributed by atoms with E-state index in [9.17, 15) is 0 Å². The highest BCUT2D eigenvalue weighted by Gasteiger charge is 1.59. The van der Waals surface area contributed by atoms with Crippen LogP contribution in [0, 0.1) is 0 Å². The van der Waals surface area contributed by atoms with Crippen LogP contribution in [-0.4, -0.2) is 13.1 Å². The zero-order valence-corrected chi connectivity index (χ0v) is 6.02. The molecule has 0 saturated heterocycles. The van der Waals surface area contributed by atoms with Gasteiger partial charge in [-0.1, -0.05) is 0 Å². The predicted molar refractivity (Wildman–Crippen MR) is 35.2 cm³/mol. The fourth-order valence-electron chi connectivity index (χ4n) is 0.176. The molecular weight excluding hydrogens is 160 g/mol. The third kappa shape index (κ3) is 11.3. The fraction of sp³-hybridized carbons (Fsp3) is 0. The van der Waals surface area contributed by atoms with E-state index in [1.54, 1.807) is 6.20 Å². The van der Waals surface area contributed by atoms with Gasteiger partial charge in [0.15, 0.2) is 0 Å². The summed E-state index contributed by atoms with van der Waals surface area (Å²) >= 11 is -0.898. The van der Waals surface area contributed by atoms with Crippen LogP contribution in [0.5, 0.6) is 0 Å². The summed E-state index contributed by atoms with van der Waals surface area (Å²) in [5.74, 6) is 0. The van der Waals surface area contributed by atoms with E-state index in [1.165, 1.54) is 11.5 Å². The van der Waals surface area contributed by atoms with Gasteiger partial charge in [0.1, 0.15) is 0 Å². The number of nitrogens with two attached hydrogens (primary N) is 1. The van der Waals surface area contributed by atoms with Crippen LogP contribution in [0.3, 0.4) is 0 Å². The summed E-state index contributed by atoms with van der Waals surface area (Å²) in [6, 6.07) is 1.91. The maximum Gasteiger partial charge on any atom is 0.0406 e. The molecule has 2 N–H and O–H groups in total. The van der Waals surface area contributed by atoms with Crippen molar-refractivity contribution in [3.63, 3.8) is 0 Å². The molecule has 6 heteroatoms. The lowest BCUT2D eigenvalue weighted by Crippen LogP contribution is -1.97. The van der Waals surface area contributed by atoms with Gasteiger partial charge in [-0.25, -0.2) is 4.37 Å². The standard InChI is InChI=1S/C3H3NS.H3NO2S/c1-2-4-5-3-1;1-4(2)3/h1-3H;1H2,(H,2,3)/p-1. The summed E-state index contributed by atoms with van der Waals surface area (Å²) in [4.78, 5) is 0. The van der Waals surface area contributed by atoms with Crippen molar-refractivity contribution in [3.8, 4) is 0 Å². The molecule has 0 saturated carbocycles. The van der Waals surface area contributed by atoms with E-state index < -0.39 is 11.3 Å². The van der Waals surface area contributed by atoms with Gasteiger partial charge in [-0.3, -0.25) is 9.35 Å². The molecule has 0 fully saturated rings. The number of hydrogen-bond acceptors (Lipinski definition) is 4. The Labute approximate surface area is 59.3 Å². The first-order valence-corrected chi connectivity index (χ1v) is 3.89. The lowest BCUT2D eigenvalue weighted by atomic mass is 10.8. The quantitative estimate of drug-likeness (QED) is 0.544. The summed E-state index contributed by atoms with van der Waals surface area (Å²) in [6.07, 6.45) is 1.77. The van der Waals surface area contributed by atoms with Crippen LogP contribution >= 0.6 is 11.5 Å². The van der Waals surface area contributed by atoms with Crippen LogP contribution in [0.25, 0.3) is 0 Å². The smallest absolute Gasteiger partial charge is 0.0406 e. The maximum absolute atomic E-state index is 8.78. The van der Waals surface area contributed by atoms with Gasteiger partial charge in [0.2, 0.25) is 0 Å². The van der Waals surface area contributed by atoms with Crippen molar-refractivity contribution in [2.24, 2.45) is 5.14 Å². The predicted octanol–water partition coefficient (Wildman–Crippen LogP) is -0.118. The van der Waals surface area contributed by atoms with E-state index in [2.05, 4.69) is 9.51 Å². The molecule has 52 valence electrons. The second kappa shape index (κ2) is 5.83. The van der Waals surface area contributed by atoms with Crippen molar-refractivity contribution >= 4 is 22.8 Å². The van der Waals surface area contributed by atoms with Gasteiger partial charge in [-0.05, 0) is 17.6 Å². The Morgan fingerprint density at radius 2 is 2.33 bits per heavy atom. The molecule has 0 amide bonds. The first-order valence-electron chi connectivity index (χ1n) is 1.91. The van der Waals surface area contributed by atoms with E-state index in [1.807, 2.05) is 11.4 Å². The molecule has 1 rings (SSSR count). The Morgan fingerprint density at radius 1 is 1.78 bits per heavy atom. The van der Waals surface area contributed by atoms with Gasteiger partial charge < -0.3 is 4.55 Å². The molecule has 1 aromatic heterocycles. The third-order valence-electron chi connectivity index (χ3n) is 0.347. The minimum absolute atomic E-state index is 1.46. The number of rotatable bonds is 0. The minimum atomic E-state index is -2.36. The van der Waals surface area contributed by atoms with Crippen LogP contribution in [0.1, 0.15) is 0 Å². The van der Waals surface area contributed by atoms with E-state index in [4.69, 9.17) is 8.76 Å². The van der Waals surface area contributed by atoms with Gasteiger partial charge in [0.25, 0.3) is 0 Å². The average molecular weight is 165 g/mol. The normalized spacial score (nSPS) is 11.3. The Hall–Kier alpha value is -0.300. The van der Waals surface area contributed by atoms with E-state index in [0.29, 0.717) is 0 Å². The summed E-state index contributed by atoms with van der Waals surface area (Å²) in [6.45, 7) is 0. The molecule has 0 aromatic carbocycles. The van der Waals surface area contributed by atoms with Crippen LogP contribution in [0.4, 0.5) is 0 Å². The van der Waals surface area contributed by atoms with E-state index in [-0.39, 0.29) is 0 Å². The molecule has 1 atom stereocenters. The van der Waals surface area contributed by atoms with Crippen molar-refractivity contribution in [1.29, 1.82) is 0 Å². The first kappa shape index (κ1) is 8.70. The molecule has 0 spiro atoms. The highest BCUT2D eigenvalue weighted by molar-refractivity contribution is 7.76. The van der Waals surface area contributed by atoms with Crippen molar-refractivity contribution in [3.05, 3.63) is 17.6 Å². The van der Waals surface area contributed by atoms with Crippen molar-refractivity contribution < 1.29 is 8.76 Å². The highest BCUT2D eigenvalue weighted by atomic mass is 32.2.